The largest absolute Gasteiger partial charge is 0.396 e. The lowest BCUT2D eigenvalue weighted by Crippen LogP contribution is -2.37. The summed E-state index contributed by atoms with van der Waals surface area (Å²) in [5, 5.41) is 11.7. The second-order valence-electron chi connectivity index (χ2n) is 6.83. The molecule has 1 aliphatic carbocycles. The number of aromatic nitrogens is 2. The Morgan fingerprint density at radius 3 is 2.45 bits per heavy atom. The number of nitrogens with one attached hydrogen (secondary N) is 1. The van der Waals surface area contributed by atoms with Crippen LogP contribution in [0.3, 0.4) is 0 Å². The highest BCUT2D eigenvalue weighted by atomic mass is 16.3. The van der Waals surface area contributed by atoms with Gasteiger partial charge in [-0.1, -0.05) is 20.8 Å². The Kier molecular flexibility index (Phi) is 5.34. The minimum atomic E-state index is -0.104. The highest BCUT2D eigenvalue weighted by Crippen LogP contribution is 2.28. The third kappa shape index (κ3) is 4.66. The number of aliphatic hydroxyl groups is 1. The Hall–Kier alpha value is -1.69. The van der Waals surface area contributed by atoms with Gasteiger partial charge in [0, 0.05) is 24.6 Å². The number of anilines is 1. The summed E-state index contributed by atoms with van der Waals surface area (Å²) in [5.74, 6) is 0.757. The van der Waals surface area contributed by atoms with Gasteiger partial charge in [0.1, 0.15) is 5.82 Å². The number of nitrogens with zero attached hydrogens (tertiary/aromatic N) is 3. The quantitative estimate of drug-likeness (QED) is 0.792. The summed E-state index contributed by atoms with van der Waals surface area (Å²) in [4.78, 5) is 22.9. The molecule has 6 nitrogen and oxygen atoms in total. The number of rotatable bonds is 6. The molecule has 1 saturated carbocycles. The molecule has 0 unspecified atom stereocenters. The number of amides is 2. The van der Waals surface area contributed by atoms with E-state index in [0.717, 1.165) is 31.5 Å². The molecular formula is C16H26N4O2. The van der Waals surface area contributed by atoms with Crippen molar-refractivity contribution >= 4 is 11.7 Å². The van der Waals surface area contributed by atoms with E-state index in [2.05, 4.69) is 36.1 Å². The molecule has 2 amide bonds. The highest BCUT2D eigenvalue weighted by Gasteiger charge is 2.32. The summed E-state index contributed by atoms with van der Waals surface area (Å²) in [7, 11) is 0. The van der Waals surface area contributed by atoms with Crippen LogP contribution >= 0.6 is 0 Å². The lowest BCUT2D eigenvalue weighted by molar-refractivity contribution is 0.204. The van der Waals surface area contributed by atoms with Gasteiger partial charge in [0.15, 0.2) is 0 Å². The molecule has 2 rings (SSSR count). The average Bonchev–Trinajstić information content (AvgIpc) is 3.27. The first kappa shape index (κ1) is 16.7. The summed E-state index contributed by atoms with van der Waals surface area (Å²) in [6.07, 6.45) is 6.98. The van der Waals surface area contributed by atoms with E-state index >= 15 is 0 Å². The fourth-order valence-electron chi connectivity index (χ4n) is 2.21. The van der Waals surface area contributed by atoms with Crippen molar-refractivity contribution in [1.29, 1.82) is 0 Å². The van der Waals surface area contributed by atoms with Gasteiger partial charge in [0.05, 0.1) is 18.1 Å². The molecule has 1 aromatic heterocycles. The van der Waals surface area contributed by atoms with Gasteiger partial charge in [0.2, 0.25) is 0 Å². The number of hydrogen-bond acceptors (Lipinski definition) is 4. The van der Waals surface area contributed by atoms with Gasteiger partial charge in [-0.2, -0.15) is 0 Å². The monoisotopic (exact) mass is 306 g/mol. The maximum atomic E-state index is 12.4. The highest BCUT2D eigenvalue weighted by molar-refractivity contribution is 5.89. The lowest BCUT2D eigenvalue weighted by Gasteiger charge is -2.23. The van der Waals surface area contributed by atoms with E-state index in [1.54, 1.807) is 12.4 Å². The van der Waals surface area contributed by atoms with Crippen LogP contribution in [0.1, 0.15) is 52.3 Å². The minimum absolute atomic E-state index is 0.104. The van der Waals surface area contributed by atoms with Gasteiger partial charge in [-0.3, -0.25) is 0 Å². The molecule has 0 saturated heterocycles. The van der Waals surface area contributed by atoms with Crippen molar-refractivity contribution in [2.75, 3.05) is 18.5 Å². The summed E-state index contributed by atoms with van der Waals surface area (Å²) >= 11 is 0. The van der Waals surface area contributed by atoms with Crippen molar-refractivity contribution in [1.82, 2.24) is 14.9 Å². The molecule has 122 valence electrons. The molecule has 0 radical (unpaired) electrons. The van der Waals surface area contributed by atoms with E-state index in [0.29, 0.717) is 18.3 Å². The van der Waals surface area contributed by atoms with Crippen molar-refractivity contribution in [3.8, 4) is 0 Å². The van der Waals surface area contributed by atoms with Gasteiger partial charge >= 0.3 is 6.03 Å². The van der Waals surface area contributed by atoms with E-state index in [1.165, 1.54) is 0 Å². The lowest BCUT2D eigenvalue weighted by atomic mass is 9.96. The number of unbranched alkanes of at least 4 members (excludes halogenated alkanes) is 1. The smallest absolute Gasteiger partial charge is 0.322 e. The van der Waals surface area contributed by atoms with Gasteiger partial charge < -0.3 is 15.3 Å². The van der Waals surface area contributed by atoms with E-state index in [-0.39, 0.29) is 18.1 Å². The van der Waals surface area contributed by atoms with E-state index in [4.69, 9.17) is 5.11 Å². The van der Waals surface area contributed by atoms with Gasteiger partial charge in [-0.15, -0.1) is 0 Å². The van der Waals surface area contributed by atoms with Crippen molar-refractivity contribution in [3.63, 3.8) is 0 Å². The first-order valence-electron chi connectivity index (χ1n) is 7.93. The number of carbonyl (C=O) groups is 1. The summed E-state index contributed by atoms with van der Waals surface area (Å²) in [6, 6.07) is 0.237. The van der Waals surface area contributed by atoms with Crippen LogP contribution in [0.25, 0.3) is 0 Å². The van der Waals surface area contributed by atoms with E-state index in [1.807, 2.05) is 4.90 Å². The van der Waals surface area contributed by atoms with E-state index < -0.39 is 0 Å². The fraction of sp³-hybridized carbons (Fsp3) is 0.688. The summed E-state index contributed by atoms with van der Waals surface area (Å²) in [5.41, 5.74) is 0.512. The predicted octanol–water partition coefficient (Wildman–Crippen LogP) is 2.54. The summed E-state index contributed by atoms with van der Waals surface area (Å²) < 4.78 is 0. The maximum absolute atomic E-state index is 12.4. The molecule has 22 heavy (non-hydrogen) atoms. The molecule has 1 heterocycles. The van der Waals surface area contributed by atoms with Crippen molar-refractivity contribution < 1.29 is 9.90 Å². The van der Waals surface area contributed by atoms with Crippen LogP contribution in [0.5, 0.6) is 0 Å². The molecule has 0 bridgehead atoms. The van der Waals surface area contributed by atoms with Crippen LogP contribution in [-0.2, 0) is 5.41 Å². The van der Waals surface area contributed by atoms with E-state index in [9.17, 15) is 4.79 Å². The Morgan fingerprint density at radius 2 is 1.95 bits per heavy atom. The average molecular weight is 306 g/mol. The molecule has 1 fully saturated rings. The molecule has 0 atom stereocenters. The Balaban J connectivity index is 1.94. The third-order valence-corrected chi connectivity index (χ3v) is 3.63. The second kappa shape index (κ2) is 7.05. The Labute approximate surface area is 132 Å². The zero-order valence-electron chi connectivity index (χ0n) is 13.7. The number of hydrogen-bond donors (Lipinski definition) is 2. The number of carbonyl (C=O) groups excluding carboxylic acids is 1. The third-order valence-electron chi connectivity index (χ3n) is 3.63. The molecule has 0 spiro atoms. The zero-order valence-corrected chi connectivity index (χ0v) is 13.7. The van der Waals surface area contributed by atoms with Crippen LogP contribution in [-0.4, -0.2) is 45.2 Å². The second-order valence-corrected chi connectivity index (χ2v) is 6.83. The van der Waals surface area contributed by atoms with Crippen LogP contribution in [0.2, 0.25) is 0 Å². The topological polar surface area (TPSA) is 78.4 Å². The molecule has 0 aromatic carbocycles. The molecular weight excluding hydrogens is 280 g/mol. The first-order valence-corrected chi connectivity index (χ1v) is 7.93. The summed E-state index contributed by atoms with van der Waals surface area (Å²) in [6.45, 7) is 7.00. The van der Waals surface area contributed by atoms with Crippen LogP contribution in [0, 0.1) is 0 Å². The minimum Gasteiger partial charge on any atom is -0.396 e. The van der Waals surface area contributed by atoms with Gasteiger partial charge in [-0.05, 0) is 25.7 Å². The zero-order chi connectivity index (χ0) is 16.2. The molecule has 2 N–H and O–H groups in total. The predicted molar refractivity (Wildman–Crippen MR) is 85.8 cm³/mol. The maximum Gasteiger partial charge on any atom is 0.322 e. The van der Waals surface area contributed by atoms with Crippen LogP contribution in [0.4, 0.5) is 10.5 Å². The van der Waals surface area contributed by atoms with Crippen molar-refractivity contribution in [2.24, 2.45) is 0 Å². The molecule has 6 heteroatoms. The van der Waals surface area contributed by atoms with Crippen molar-refractivity contribution in [2.45, 2.75) is 57.9 Å². The number of urea groups is 1. The molecule has 1 aliphatic rings. The molecule has 1 aromatic rings. The Morgan fingerprint density at radius 1 is 1.32 bits per heavy atom. The van der Waals surface area contributed by atoms with Gasteiger partial charge in [-0.25, -0.2) is 14.8 Å². The first-order chi connectivity index (χ1) is 10.4. The molecule has 0 aliphatic heterocycles. The van der Waals surface area contributed by atoms with Crippen LogP contribution in [0.15, 0.2) is 12.4 Å². The van der Waals surface area contributed by atoms with Gasteiger partial charge in [0.25, 0.3) is 0 Å². The van der Waals surface area contributed by atoms with Crippen LogP contribution < -0.4 is 5.32 Å². The normalized spacial score (nSPS) is 14.7. The Bertz CT molecular complexity index is 492. The van der Waals surface area contributed by atoms with Crippen molar-refractivity contribution in [3.05, 3.63) is 18.2 Å². The SMILES string of the molecule is CC(C)(C)c1ncc(NC(=O)N(CCCCO)C2CC2)cn1. The number of aliphatic hydroxyl groups excluding tert-OH is 1. The standard InChI is InChI=1S/C16H26N4O2/c1-16(2,3)14-17-10-12(11-18-14)19-15(22)20(13-6-7-13)8-4-5-9-21/h10-11,13,21H,4-9H2,1-3H3,(H,19,22). The fourth-order valence-corrected chi connectivity index (χ4v) is 2.21.